The summed E-state index contributed by atoms with van der Waals surface area (Å²) in [5.74, 6) is -1.57. The lowest BCUT2D eigenvalue weighted by Gasteiger charge is -2.04. The zero-order valence-corrected chi connectivity index (χ0v) is 11.6. The van der Waals surface area contributed by atoms with Crippen LogP contribution in [-0.2, 0) is 4.79 Å². The summed E-state index contributed by atoms with van der Waals surface area (Å²) in [5, 5.41) is 24.1. The van der Waals surface area contributed by atoms with Crippen LogP contribution in [0.5, 0.6) is 0 Å². The van der Waals surface area contributed by atoms with Crippen molar-refractivity contribution < 1.29 is 14.7 Å². The van der Waals surface area contributed by atoms with E-state index in [1.54, 1.807) is 6.07 Å². The van der Waals surface area contributed by atoms with Crippen LogP contribution in [0.3, 0.4) is 0 Å². The van der Waals surface area contributed by atoms with Crippen molar-refractivity contribution in [2.75, 3.05) is 5.32 Å². The normalized spacial score (nSPS) is 10.7. The van der Waals surface area contributed by atoms with Crippen LogP contribution in [0.25, 0.3) is 6.08 Å². The molecule has 0 saturated heterocycles. The van der Waals surface area contributed by atoms with Crippen molar-refractivity contribution >= 4 is 35.0 Å². The molecular weight excluding hydrogens is 288 g/mol. The molecule has 2 N–H and O–H groups in total. The van der Waals surface area contributed by atoms with Crippen molar-refractivity contribution in [1.82, 2.24) is 0 Å². The number of anilines is 1. The third kappa shape index (κ3) is 3.78. The summed E-state index contributed by atoms with van der Waals surface area (Å²) in [6.45, 7) is 0. The highest BCUT2D eigenvalue weighted by Crippen LogP contribution is 2.14. The van der Waals surface area contributed by atoms with Crippen LogP contribution in [0, 0.1) is 11.3 Å². The maximum atomic E-state index is 12.0. The van der Waals surface area contributed by atoms with Gasteiger partial charge in [0.25, 0.3) is 5.91 Å². The minimum atomic E-state index is -1.04. The minimum Gasteiger partial charge on any atom is -0.478 e. The van der Waals surface area contributed by atoms with Crippen molar-refractivity contribution in [3.63, 3.8) is 0 Å². The van der Waals surface area contributed by atoms with Gasteiger partial charge in [-0.25, -0.2) is 4.79 Å². The summed E-state index contributed by atoms with van der Waals surface area (Å²) in [5.41, 5.74) is 1.32. The van der Waals surface area contributed by atoms with Crippen LogP contribution >= 0.6 is 11.3 Å². The summed E-state index contributed by atoms with van der Waals surface area (Å²) in [6.07, 6.45) is 1.50. The van der Waals surface area contributed by atoms with Crippen molar-refractivity contribution in [1.29, 1.82) is 5.26 Å². The summed E-state index contributed by atoms with van der Waals surface area (Å²) in [4.78, 5) is 22.7. The molecule has 0 bridgehead atoms. The molecule has 1 amide bonds. The lowest BCUT2D eigenvalue weighted by Crippen LogP contribution is -2.13. The number of thiophene rings is 1. The van der Waals surface area contributed by atoms with E-state index in [-0.39, 0.29) is 11.1 Å². The first-order valence-corrected chi connectivity index (χ1v) is 6.83. The third-order valence-corrected chi connectivity index (χ3v) is 3.31. The van der Waals surface area contributed by atoms with E-state index < -0.39 is 11.9 Å². The summed E-state index contributed by atoms with van der Waals surface area (Å²) in [7, 11) is 0. The number of nitrogens with one attached hydrogen (secondary N) is 1. The third-order valence-electron chi connectivity index (χ3n) is 2.61. The molecular formula is C15H10N2O3S. The summed E-state index contributed by atoms with van der Waals surface area (Å²) >= 11 is 1.47. The zero-order valence-electron chi connectivity index (χ0n) is 10.7. The molecule has 1 heterocycles. The molecule has 0 unspecified atom stereocenters. The fourth-order valence-corrected chi connectivity index (χ4v) is 2.18. The van der Waals surface area contributed by atoms with Crippen LogP contribution in [0.4, 0.5) is 5.69 Å². The van der Waals surface area contributed by atoms with Gasteiger partial charge in [0.1, 0.15) is 11.6 Å². The van der Waals surface area contributed by atoms with Gasteiger partial charge in [-0.05, 0) is 52.7 Å². The number of hydrogen-bond acceptors (Lipinski definition) is 4. The predicted octanol–water partition coefficient (Wildman–Crippen LogP) is 2.99. The van der Waals surface area contributed by atoms with Gasteiger partial charge in [0.15, 0.2) is 0 Å². The van der Waals surface area contributed by atoms with Gasteiger partial charge in [-0.1, -0.05) is 0 Å². The van der Waals surface area contributed by atoms with Gasteiger partial charge < -0.3 is 10.4 Å². The first-order valence-electron chi connectivity index (χ1n) is 5.89. The van der Waals surface area contributed by atoms with E-state index in [1.165, 1.54) is 41.7 Å². The number of carbonyl (C=O) groups excluding carboxylic acids is 1. The maximum Gasteiger partial charge on any atom is 0.335 e. The van der Waals surface area contributed by atoms with Crippen LogP contribution < -0.4 is 5.32 Å². The Morgan fingerprint density at radius 2 is 1.95 bits per heavy atom. The van der Waals surface area contributed by atoms with Crippen molar-refractivity contribution in [2.45, 2.75) is 0 Å². The van der Waals surface area contributed by atoms with Crippen LogP contribution in [0.2, 0.25) is 0 Å². The SMILES string of the molecule is N#CC(=Cc1ccsc1)C(=O)Nc1ccc(C(=O)O)cc1. The number of aromatic carboxylic acids is 1. The average Bonchev–Trinajstić information content (AvgIpc) is 2.98. The second kappa shape index (κ2) is 6.50. The van der Waals surface area contributed by atoms with E-state index in [1.807, 2.05) is 16.8 Å². The second-order valence-electron chi connectivity index (χ2n) is 4.06. The number of carbonyl (C=O) groups is 2. The first kappa shape index (κ1) is 14.5. The van der Waals surface area contributed by atoms with E-state index in [0.717, 1.165) is 5.56 Å². The molecule has 21 heavy (non-hydrogen) atoms. The highest BCUT2D eigenvalue weighted by Gasteiger charge is 2.10. The molecule has 1 aromatic carbocycles. The lowest BCUT2D eigenvalue weighted by molar-refractivity contribution is -0.112. The number of amides is 1. The average molecular weight is 298 g/mol. The number of rotatable bonds is 4. The van der Waals surface area contributed by atoms with Gasteiger partial charge in [0.2, 0.25) is 0 Å². The molecule has 0 atom stereocenters. The lowest BCUT2D eigenvalue weighted by atomic mass is 10.1. The van der Waals surface area contributed by atoms with Crippen LogP contribution in [0.1, 0.15) is 15.9 Å². The predicted molar refractivity (Wildman–Crippen MR) is 79.9 cm³/mol. The summed E-state index contributed by atoms with van der Waals surface area (Å²) in [6, 6.07) is 9.36. The van der Waals surface area contributed by atoms with Crippen molar-refractivity contribution in [2.24, 2.45) is 0 Å². The van der Waals surface area contributed by atoms with E-state index in [2.05, 4.69) is 5.32 Å². The van der Waals surface area contributed by atoms with Crippen molar-refractivity contribution in [3.8, 4) is 6.07 Å². The second-order valence-corrected chi connectivity index (χ2v) is 4.84. The number of hydrogen-bond donors (Lipinski definition) is 2. The van der Waals surface area contributed by atoms with Gasteiger partial charge in [0, 0.05) is 5.69 Å². The Hall–Kier alpha value is -2.91. The molecule has 2 aromatic rings. The summed E-state index contributed by atoms with van der Waals surface area (Å²) < 4.78 is 0. The Morgan fingerprint density at radius 3 is 2.48 bits per heavy atom. The molecule has 0 aliphatic heterocycles. The molecule has 5 nitrogen and oxygen atoms in total. The Labute approximate surface area is 124 Å². The Bertz CT molecular complexity index is 725. The van der Waals surface area contributed by atoms with Crippen molar-refractivity contribution in [3.05, 3.63) is 57.8 Å². The molecule has 0 aliphatic rings. The molecule has 6 heteroatoms. The maximum absolute atomic E-state index is 12.0. The monoisotopic (exact) mass is 298 g/mol. The van der Waals surface area contributed by atoms with Gasteiger partial charge in [-0.3, -0.25) is 4.79 Å². The smallest absolute Gasteiger partial charge is 0.335 e. The van der Waals surface area contributed by atoms with Crippen LogP contribution in [-0.4, -0.2) is 17.0 Å². The van der Waals surface area contributed by atoms with Gasteiger partial charge >= 0.3 is 5.97 Å². The van der Waals surface area contributed by atoms with E-state index in [9.17, 15) is 9.59 Å². The standard InChI is InChI=1S/C15H10N2O3S/c16-8-12(7-10-5-6-21-9-10)14(18)17-13-3-1-11(2-4-13)15(19)20/h1-7,9H,(H,17,18)(H,19,20). The quantitative estimate of drug-likeness (QED) is 0.670. The fraction of sp³-hybridized carbons (Fsp3) is 0. The Kier molecular flexibility index (Phi) is 4.49. The van der Waals surface area contributed by atoms with E-state index >= 15 is 0 Å². The fourth-order valence-electron chi connectivity index (χ4n) is 1.57. The van der Waals surface area contributed by atoms with Gasteiger partial charge in [-0.2, -0.15) is 16.6 Å². The minimum absolute atomic E-state index is 0.0179. The molecule has 0 fully saturated rings. The number of benzene rings is 1. The molecule has 0 aliphatic carbocycles. The first-order chi connectivity index (χ1) is 10.1. The van der Waals surface area contributed by atoms with Gasteiger partial charge in [-0.15, -0.1) is 0 Å². The number of carboxylic acids is 1. The Morgan fingerprint density at radius 1 is 1.24 bits per heavy atom. The Balaban J connectivity index is 2.13. The number of nitriles is 1. The topological polar surface area (TPSA) is 90.2 Å². The number of nitrogens with zero attached hydrogens (tertiary/aromatic N) is 1. The molecule has 0 spiro atoms. The highest BCUT2D eigenvalue weighted by atomic mass is 32.1. The number of carboxylic acid groups (broad SMARTS) is 1. The molecule has 0 saturated carbocycles. The van der Waals surface area contributed by atoms with E-state index in [4.69, 9.17) is 10.4 Å². The molecule has 2 rings (SSSR count). The van der Waals surface area contributed by atoms with E-state index in [0.29, 0.717) is 5.69 Å². The molecule has 104 valence electrons. The molecule has 1 aromatic heterocycles. The van der Waals surface area contributed by atoms with Crippen LogP contribution in [0.15, 0.2) is 46.7 Å². The largest absolute Gasteiger partial charge is 0.478 e. The zero-order chi connectivity index (χ0) is 15.2. The van der Waals surface area contributed by atoms with Gasteiger partial charge in [0.05, 0.1) is 5.56 Å². The highest BCUT2D eigenvalue weighted by molar-refractivity contribution is 7.08. The molecule has 0 radical (unpaired) electrons.